The molecule has 0 amide bonds. The molecule has 0 nitrogen and oxygen atoms in total. The molecule has 0 N–H and O–H groups in total. The third kappa shape index (κ3) is 4.51. The lowest BCUT2D eigenvalue weighted by Gasteiger charge is -2.18. The van der Waals surface area contributed by atoms with Crippen molar-refractivity contribution in [1.29, 1.82) is 0 Å². The van der Waals surface area contributed by atoms with Crippen molar-refractivity contribution in [3.8, 4) is 11.1 Å². The Morgan fingerprint density at radius 2 is 1.45 bits per heavy atom. The van der Waals surface area contributed by atoms with Gasteiger partial charge in [-0.1, -0.05) is 44.1 Å². The van der Waals surface area contributed by atoms with Crippen LogP contribution in [0.2, 0.25) is 0 Å². The van der Waals surface area contributed by atoms with Gasteiger partial charge in [0, 0.05) is 6.42 Å². The molecule has 1 radical (unpaired) electrons. The van der Waals surface area contributed by atoms with E-state index < -0.39 is 23.5 Å². The second-order valence-corrected chi connectivity index (χ2v) is 7.22. The normalized spacial score (nSPS) is 14.1. The van der Waals surface area contributed by atoms with Crippen LogP contribution in [0.5, 0.6) is 0 Å². The Morgan fingerprint density at radius 3 is 1.97 bits per heavy atom. The van der Waals surface area contributed by atoms with Crippen LogP contribution < -0.4 is 0 Å². The molecule has 0 heterocycles. The number of aryl methyl sites for hydroxylation is 1. The summed E-state index contributed by atoms with van der Waals surface area (Å²) in [5.41, 5.74) is 1.10. The molecule has 3 rings (SSSR count). The van der Waals surface area contributed by atoms with Crippen molar-refractivity contribution in [3.05, 3.63) is 70.1 Å². The van der Waals surface area contributed by atoms with Crippen molar-refractivity contribution in [2.45, 2.75) is 51.9 Å². The first-order chi connectivity index (χ1) is 13.5. The van der Waals surface area contributed by atoms with E-state index in [-0.39, 0.29) is 11.6 Å². The first-order valence-electron chi connectivity index (χ1n) is 9.55. The first kappa shape index (κ1) is 21.5. The molecule has 6 heteroatoms. The summed E-state index contributed by atoms with van der Waals surface area (Å²) < 4.78 is 79.9. The fourth-order valence-corrected chi connectivity index (χ4v) is 3.65. The topological polar surface area (TPSA) is 0 Å². The van der Waals surface area contributed by atoms with E-state index in [9.17, 15) is 26.3 Å². The van der Waals surface area contributed by atoms with Crippen molar-refractivity contribution in [1.82, 2.24) is 0 Å². The molecule has 0 unspecified atom stereocenters. The Bertz CT molecular complexity index is 899. The number of fused-ring (bicyclic) bond motifs is 1. The SMILES string of the molecule is CCCCC1=Cc2c(ccc(CC)c2-c2cc(C(F)(F)F)cc(C(F)(F)F)c2)[CH]1. The number of hydrogen-bond acceptors (Lipinski definition) is 0. The maximum absolute atomic E-state index is 13.3. The zero-order valence-corrected chi connectivity index (χ0v) is 16.1. The molecule has 0 saturated heterocycles. The molecule has 0 saturated carbocycles. The molecule has 155 valence electrons. The Kier molecular flexibility index (Phi) is 5.84. The summed E-state index contributed by atoms with van der Waals surface area (Å²) in [5.74, 6) is 0. The van der Waals surface area contributed by atoms with Gasteiger partial charge in [-0.3, -0.25) is 0 Å². The van der Waals surface area contributed by atoms with Crippen LogP contribution in [-0.4, -0.2) is 0 Å². The van der Waals surface area contributed by atoms with Gasteiger partial charge in [-0.2, -0.15) is 26.3 Å². The Labute approximate surface area is 166 Å². The lowest BCUT2D eigenvalue weighted by atomic mass is 9.89. The van der Waals surface area contributed by atoms with E-state index in [1.54, 1.807) is 6.07 Å². The summed E-state index contributed by atoms with van der Waals surface area (Å²) in [6, 6.07) is 5.48. The summed E-state index contributed by atoms with van der Waals surface area (Å²) in [6.07, 6.45) is -2.59. The minimum Gasteiger partial charge on any atom is -0.166 e. The highest BCUT2D eigenvalue weighted by Gasteiger charge is 2.37. The lowest BCUT2D eigenvalue weighted by Crippen LogP contribution is -2.11. The summed E-state index contributed by atoms with van der Waals surface area (Å²) >= 11 is 0. The van der Waals surface area contributed by atoms with Gasteiger partial charge in [-0.05, 0) is 65.3 Å². The number of benzene rings is 2. The molecule has 1 aliphatic carbocycles. The standard InChI is InChI=1S/C23H21F6/c1-3-5-6-14-9-16-8-7-15(4-2)21(20(16)10-14)17-11-18(22(24,25)26)13-19(12-17)23(27,28)29/h7-13H,3-6H2,1-2H3. The van der Waals surface area contributed by atoms with Crippen LogP contribution in [0, 0.1) is 6.42 Å². The van der Waals surface area contributed by atoms with Gasteiger partial charge < -0.3 is 0 Å². The minimum atomic E-state index is -4.87. The molecular weight excluding hydrogens is 390 g/mol. The van der Waals surface area contributed by atoms with E-state index in [1.807, 2.05) is 25.5 Å². The van der Waals surface area contributed by atoms with E-state index in [4.69, 9.17) is 0 Å². The number of unbranched alkanes of at least 4 members (excludes halogenated alkanes) is 1. The molecule has 0 aliphatic heterocycles. The highest BCUT2D eigenvalue weighted by molar-refractivity contribution is 5.85. The van der Waals surface area contributed by atoms with E-state index in [0.29, 0.717) is 17.5 Å². The summed E-state index contributed by atoms with van der Waals surface area (Å²) in [6.45, 7) is 3.90. The van der Waals surface area contributed by atoms with E-state index in [2.05, 4.69) is 6.92 Å². The molecule has 2 aromatic carbocycles. The first-order valence-corrected chi connectivity index (χ1v) is 9.55. The molecule has 0 fully saturated rings. The van der Waals surface area contributed by atoms with Crippen LogP contribution in [0.15, 0.2) is 35.9 Å². The molecule has 29 heavy (non-hydrogen) atoms. The monoisotopic (exact) mass is 411 g/mol. The maximum atomic E-state index is 13.3. The third-order valence-corrected chi connectivity index (χ3v) is 5.11. The smallest absolute Gasteiger partial charge is 0.166 e. The van der Waals surface area contributed by atoms with Crippen LogP contribution in [0.3, 0.4) is 0 Å². The number of alkyl halides is 6. The van der Waals surface area contributed by atoms with Crippen LogP contribution in [0.1, 0.15) is 60.9 Å². The lowest BCUT2D eigenvalue weighted by molar-refractivity contribution is -0.143. The van der Waals surface area contributed by atoms with Gasteiger partial charge >= 0.3 is 12.4 Å². The molecule has 0 bridgehead atoms. The number of rotatable bonds is 5. The van der Waals surface area contributed by atoms with Crippen molar-refractivity contribution < 1.29 is 26.3 Å². The average molecular weight is 411 g/mol. The van der Waals surface area contributed by atoms with Gasteiger partial charge in [-0.25, -0.2) is 0 Å². The maximum Gasteiger partial charge on any atom is 0.416 e. The predicted molar refractivity (Wildman–Crippen MR) is 102 cm³/mol. The molecule has 0 atom stereocenters. The van der Waals surface area contributed by atoms with Crippen molar-refractivity contribution in [2.24, 2.45) is 0 Å². The van der Waals surface area contributed by atoms with E-state index in [1.165, 1.54) is 0 Å². The van der Waals surface area contributed by atoms with Gasteiger partial charge in [0.25, 0.3) is 0 Å². The van der Waals surface area contributed by atoms with Gasteiger partial charge in [0.05, 0.1) is 11.1 Å². The third-order valence-electron chi connectivity index (χ3n) is 5.11. The van der Waals surface area contributed by atoms with Crippen LogP contribution in [-0.2, 0) is 18.8 Å². The summed E-state index contributed by atoms with van der Waals surface area (Å²) in [7, 11) is 0. The fourth-order valence-electron chi connectivity index (χ4n) is 3.65. The van der Waals surface area contributed by atoms with E-state index in [0.717, 1.165) is 48.1 Å². The quantitative estimate of drug-likeness (QED) is 0.436. The highest BCUT2D eigenvalue weighted by atomic mass is 19.4. The zero-order chi connectivity index (χ0) is 21.4. The number of halogens is 6. The molecule has 0 spiro atoms. The highest BCUT2D eigenvalue weighted by Crippen LogP contribution is 2.43. The van der Waals surface area contributed by atoms with E-state index >= 15 is 0 Å². The van der Waals surface area contributed by atoms with Crippen molar-refractivity contribution in [3.63, 3.8) is 0 Å². The molecular formula is C23H21F6. The van der Waals surface area contributed by atoms with Gasteiger partial charge in [-0.15, -0.1) is 0 Å². The summed E-state index contributed by atoms with van der Waals surface area (Å²) in [5, 5.41) is 0. The largest absolute Gasteiger partial charge is 0.416 e. The van der Waals surface area contributed by atoms with Gasteiger partial charge in [0.1, 0.15) is 0 Å². The zero-order valence-electron chi connectivity index (χ0n) is 16.1. The Morgan fingerprint density at radius 1 is 0.828 bits per heavy atom. The molecule has 0 aromatic heterocycles. The van der Waals surface area contributed by atoms with Crippen LogP contribution in [0.25, 0.3) is 17.2 Å². The molecule has 2 aromatic rings. The van der Waals surface area contributed by atoms with Crippen LogP contribution >= 0.6 is 0 Å². The van der Waals surface area contributed by atoms with Crippen molar-refractivity contribution >= 4 is 6.08 Å². The van der Waals surface area contributed by atoms with Crippen molar-refractivity contribution in [2.75, 3.05) is 0 Å². The average Bonchev–Trinajstić information content (AvgIpc) is 3.06. The molecule has 1 aliphatic rings. The van der Waals surface area contributed by atoms with Gasteiger partial charge in [0.2, 0.25) is 0 Å². The second kappa shape index (κ2) is 7.88. The number of hydrogen-bond donors (Lipinski definition) is 0. The predicted octanol–water partition coefficient (Wildman–Crippen LogP) is 8.09. The minimum absolute atomic E-state index is 0.0535. The fraction of sp³-hybridized carbons (Fsp3) is 0.348. The van der Waals surface area contributed by atoms with Gasteiger partial charge in [0.15, 0.2) is 0 Å². The van der Waals surface area contributed by atoms with Crippen LogP contribution in [0.4, 0.5) is 26.3 Å². The number of allylic oxidation sites excluding steroid dienone is 1. The summed E-state index contributed by atoms with van der Waals surface area (Å²) in [4.78, 5) is 0. The Balaban J connectivity index is 2.23. The Hall–Kier alpha value is -2.24. The second-order valence-electron chi connectivity index (χ2n) is 7.22.